The van der Waals surface area contributed by atoms with Crippen LogP contribution in [0.1, 0.15) is 21.5 Å². The molecule has 152 valence electrons. The average molecular weight is 398 g/mol. The van der Waals surface area contributed by atoms with Crippen molar-refractivity contribution in [1.82, 2.24) is 10.3 Å². The molecule has 0 saturated carbocycles. The maximum atomic E-state index is 12.1. The minimum absolute atomic E-state index is 0.0731. The van der Waals surface area contributed by atoms with Gasteiger partial charge in [0, 0.05) is 42.9 Å². The lowest BCUT2D eigenvalue weighted by Crippen LogP contribution is -2.35. The quantitative estimate of drug-likeness (QED) is 0.435. The first-order chi connectivity index (χ1) is 14.1. The average Bonchev–Trinajstić information content (AvgIpc) is 2.74. The summed E-state index contributed by atoms with van der Waals surface area (Å²) in [7, 11) is 1.64. The number of rotatable bonds is 7. The van der Waals surface area contributed by atoms with Gasteiger partial charge in [-0.3, -0.25) is 19.8 Å². The Kier molecular flexibility index (Phi) is 6.88. The maximum absolute atomic E-state index is 12.1. The third-order valence-electron chi connectivity index (χ3n) is 4.52. The van der Waals surface area contributed by atoms with Crippen LogP contribution in [0.15, 0.2) is 47.6 Å². The zero-order chi connectivity index (χ0) is 20.6. The Morgan fingerprint density at radius 2 is 2.00 bits per heavy atom. The third kappa shape index (κ3) is 5.59. The largest absolute Gasteiger partial charge is 0.496 e. The highest BCUT2D eigenvalue weighted by Gasteiger charge is 2.14. The third-order valence-corrected chi connectivity index (χ3v) is 4.52. The van der Waals surface area contributed by atoms with E-state index >= 15 is 0 Å². The Labute approximate surface area is 168 Å². The number of amides is 1. The zero-order valence-corrected chi connectivity index (χ0v) is 16.0. The van der Waals surface area contributed by atoms with Crippen LogP contribution in [-0.2, 0) is 11.3 Å². The van der Waals surface area contributed by atoms with Gasteiger partial charge < -0.3 is 9.47 Å². The van der Waals surface area contributed by atoms with E-state index in [0.717, 1.165) is 49.7 Å². The molecule has 2 aromatic rings. The summed E-state index contributed by atoms with van der Waals surface area (Å²) in [5.74, 6) is 0.349. The van der Waals surface area contributed by atoms with Crippen LogP contribution in [0.4, 0.5) is 5.69 Å². The van der Waals surface area contributed by atoms with Gasteiger partial charge in [-0.25, -0.2) is 5.43 Å². The van der Waals surface area contributed by atoms with Gasteiger partial charge in [0.15, 0.2) is 0 Å². The molecule has 3 rings (SSSR count). The Balaban J connectivity index is 1.64. The van der Waals surface area contributed by atoms with Crippen molar-refractivity contribution in [2.24, 2.45) is 5.10 Å². The van der Waals surface area contributed by atoms with Gasteiger partial charge in [0.2, 0.25) is 0 Å². The van der Waals surface area contributed by atoms with Crippen molar-refractivity contribution in [2.45, 2.75) is 6.54 Å². The van der Waals surface area contributed by atoms with Gasteiger partial charge in [-0.1, -0.05) is 0 Å². The Hall–Kier alpha value is -3.30. The molecule has 0 spiro atoms. The predicted octanol–water partition coefficient (Wildman–Crippen LogP) is 2.20. The molecule has 9 nitrogen and oxygen atoms in total. The summed E-state index contributed by atoms with van der Waals surface area (Å²) in [5.41, 5.74) is 4.49. The van der Waals surface area contributed by atoms with Gasteiger partial charge in [-0.15, -0.1) is 0 Å². The molecule has 1 aliphatic heterocycles. The molecule has 0 radical (unpaired) electrons. The Bertz CT molecular complexity index is 892. The summed E-state index contributed by atoms with van der Waals surface area (Å²) < 4.78 is 10.8. The molecule has 0 unspecified atom stereocenters. The van der Waals surface area contributed by atoms with E-state index in [-0.39, 0.29) is 11.3 Å². The number of nitro benzene ring substituents is 1. The second kappa shape index (κ2) is 9.76. The van der Waals surface area contributed by atoms with E-state index in [0.29, 0.717) is 0 Å². The van der Waals surface area contributed by atoms with Crippen molar-refractivity contribution in [3.05, 3.63) is 69.3 Å². The molecule has 0 bridgehead atoms. The number of hydrogen-bond acceptors (Lipinski definition) is 7. The van der Waals surface area contributed by atoms with Gasteiger partial charge in [0.05, 0.1) is 31.5 Å². The summed E-state index contributed by atoms with van der Waals surface area (Å²) in [6, 6.07) is 11.0. The number of nitrogens with one attached hydrogen (secondary N) is 1. The molecule has 1 N–H and O–H groups in total. The first-order valence-electron chi connectivity index (χ1n) is 9.11. The van der Waals surface area contributed by atoms with Crippen LogP contribution >= 0.6 is 0 Å². The molecular weight excluding hydrogens is 376 g/mol. The normalized spacial score (nSPS) is 14.7. The first kappa shape index (κ1) is 20.4. The number of non-ortho nitro benzene ring substituents is 1. The van der Waals surface area contributed by atoms with E-state index in [2.05, 4.69) is 15.4 Å². The van der Waals surface area contributed by atoms with Crippen LogP contribution in [-0.4, -0.2) is 55.4 Å². The smallest absolute Gasteiger partial charge is 0.271 e. The second-order valence-electron chi connectivity index (χ2n) is 6.46. The zero-order valence-electron chi connectivity index (χ0n) is 16.0. The van der Waals surface area contributed by atoms with Crippen LogP contribution in [0.25, 0.3) is 0 Å². The number of hydrazone groups is 1. The predicted molar refractivity (Wildman–Crippen MR) is 107 cm³/mol. The second-order valence-corrected chi connectivity index (χ2v) is 6.46. The molecule has 1 heterocycles. The van der Waals surface area contributed by atoms with Crippen LogP contribution in [0.3, 0.4) is 0 Å². The van der Waals surface area contributed by atoms with Gasteiger partial charge in [0.1, 0.15) is 5.75 Å². The number of carbonyl (C=O) groups excluding carboxylic acids is 1. The summed E-state index contributed by atoms with van der Waals surface area (Å²) in [6.07, 6.45) is 1.55. The number of methoxy groups -OCH3 is 1. The summed E-state index contributed by atoms with van der Waals surface area (Å²) in [4.78, 5) is 24.6. The van der Waals surface area contributed by atoms with Crippen molar-refractivity contribution in [3.8, 4) is 5.75 Å². The molecule has 2 aromatic carbocycles. The fourth-order valence-electron chi connectivity index (χ4n) is 2.97. The number of morpholine rings is 1. The highest BCUT2D eigenvalue weighted by molar-refractivity contribution is 5.95. The van der Waals surface area contributed by atoms with Gasteiger partial charge in [-0.2, -0.15) is 5.10 Å². The Morgan fingerprint density at radius 3 is 2.66 bits per heavy atom. The lowest BCUT2D eigenvalue weighted by Gasteiger charge is -2.27. The SMILES string of the molecule is COc1ccc(C=NNC(=O)c2ccc([N+](=O)[O-])cc2)cc1CN1CCOCC1. The topological polar surface area (TPSA) is 106 Å². The lowest BCUT2D eigenvalue weighted by molar-refractivity contribution is -0.384. The number of hydrogen-bond donors (Lipinski definition) is 1. The molecule has 0 atom stereocenters. The highest BCUT2D eigenvalue weighted by Crippen LogP contribution is 2.21. The molecule has 1 fully saturated rings. The first-order valence-corrected chi connectivity index (χ1v) is 9.11. The molecule has 29 heavy (non-hydrogen) atoms. The summed E-state index contributed by atoms with van der Waals surface area (Å²) >= 11 is 0. The van der Waals surface area contributed by atoms with E-state index in [4.69, 9.17) is 9.47 Å². The van der Waals surface area contributed by atoms with E-state index < -0.39 is 10.8 Å². The molecule has 0 aromatic heterocycles. The standard InChI is InChI=1S/C20H22N4O5/c1-28-19-7-2-15(12-17(19)14-23-8-10-29-11-9-23)13-21-22-20(25)16-3-5-18(6-4-16)24(26)27/h2-7,12-13H,8-11,14H2,1H3,(H,22,25). The number of carbonyl (C=O) groups is 1. The number of ether oxygens (including phenoxy) is 2. The molecule has 0 aliphatic carbocycles. The van der Waals surface area contributed by atoms with Crippen molar-refractivity contribution in [2.75, 3.05) is 33.4 Å². The highest BCUT2D eigenvalue weighted by atomic mass is 16.6. The monoisotopic (exact) mass is 398 g/mol. The van der Waals surface area contributed by atoms with E-state index in [1.165, 1.54) is 24.3 Å². The van der Waals surface area contributed by atoms with Gasteiger partial charge in [0.25, 0.3) is 11.6 Å². The molecule has 1 aliphatic rings. The molecular formula is C20H22N4O5. The fraction of sp³-hybridized carbons (Fsp3) is 0.300. The molecule has 9 heteroatoms. The summed E-state index contributed by atoms with van der Waals surface area (Å²) in [6.45, 7) is 3.92. The number of nitro groups is 1. The molecule has 1 saturated heterocycles. The van der Waals surface area contributed by atoms with Gasteiger partial charge >= 0.3 is 0 Å². The van der Waals surface area contributed by atoms with Crippen molar-refractivity contribution in [3.63, 3.8) is 0 Å². The van der Waals surface area contributed by atoms with Crippen LogP contribution in [0.2, 0.25) is 0 Å². The van der Waals surface area contributed by atoms with Crippen molar-refractivity contribution in [1.29, 1.82) is 0 Å². The van der Waals surface area contributed by atoms with Crippen molar-refractivity contribution >= 4 is 17.8 Å². The minimum atomic E-state index is -0.516. The maximum Gasteiger partial charge on any atom is 0.271 e. The van der Waals surface area contributed by atoms with Crippen molar-refractivity contribution < 1.29 is 19.2 Å². The number of benzene rings is 2. The van der Waals surface area contributed by atoms with Crippen LogP contribution < -0.4 is 10.2 Å². The van der Waals surface area contributed by atoms with Crippen LogP contribution in [0.5, 0.6) is 5.75 Å². The lowest BCUT2D eigenvalue weighted by atomic mass is 10.1. The van der Waals surface area contributed by atoms with E-state index in [9.17, 15) is 14.9 Å². The van der Waals surface area contributed by atoms with Gasteiger partial charge in [-0.05, 0) is 35.9 Å². The van der Waals surface area contributed by atoms with Crippen LogP contribution in [0, 0.1) is 10.1 Å². The van der Waals surface area contributed by atoms with E-state index in [1.54, 1.807) is 13.3 Å². The number of nitrogens with zero attached hydrogens (tertiary/aromatic N) is 3. The Morgan fingerprint density at radius 1 is 1.28 bits per heavy atom. The fourth-order valence-corrected chi connectivity index (χ4v) is 2.97. The van der Waals surface area contributed by atoms with E-state index in [1.807, 2.05) is 18.2 Å². The minimum Gasteiger partial charge on any atom is -0.496 e. The summed E-state index contributed by atoms with van der Waals surface area (Å²) in [5, 5.41) is 14.7. The molecule has 1 amide bonds.